The van der Waals surface area contributed by atoms with E-state index in [1.807, 2.05) is 0 Å². The Hall–Kier alpha value is 0.447. The van der Waals surface area contributed by atoms with Gasteiger partial charge in [-0.05, 0) is 13.3 Å². The molecule has 0 bridgehead atoms. The summed E-state index contributed by atoms with van der Waals surface area (Å²) in [6.45, 7) is 4.42. The topological polar surface area (TPSA) is 105 Å². The van der Waals surface area contributed by atoms with Gasteiger partial charge in [0, 0.05) is 5.57 Å². The Balaban J connectivity index is 5.98. The Kier molecular flexibility index (Phi) is 12.4. The van der Waals surface area contributed by atoms with Gasteiger partial charge in [-0.15, -0.1) is 0 Å². The first-order chi connectivity index (χ1) is 13.7. The van der Waals surface area contributed by atoms with Gasteiger partial charge in [0.25, 0.3) is 11.4 Å². The monoisotopic (exact) mass is 638 g/mol. The summed E-state index contributed by atoms with van der Waals surface area (Å²) in [7, 11) is -4.94. The summed E-state index contributed by atoms with van der Waals surface area (Å²) in [6, 6.07) is -0.609. The molecule has 0 N–H and O–H groups in total. The van der Waals surface area contributed by atoms with Crippen LogP contribution in [0.15, 0.2) is 12.2 Å². The van der Waals surface area contributed by atoms with E-state index in [9.17, 15) is 19.2 Å². The molecular formula is C13H11Cl9O8Si. The van der Waals surface area contributed by atoms with Gasteiger partial charge in [-0.3, -0.25) is 0 Å². The molecular weight excluding hydrogens is 631 g/mol. The van der Waals surface area contributed by atoms with Gasteiger partial charge >= 0.3 is 32.7 Å². The molecule has 0 aromatic carbocycles. The van der Waals surface area contributed by atoms with Crippen LogP contribution in [0.2, 0.25) is 6.04 Å². The number of carbonyl (C=O) groups excluding carboxylic acids is 4. The second-order valence-electron chi connectivity index (χ2n) is 5.36. The van der Waals surface area contributed by atoms with E-state index >= 15 is 0 Å². The average molecular weight is 642 g/mol. The van der Waals surface area contributed by atoms with E-state index < -0.39 is 50.1 Å². The van der Waals surface area contributed by atoms with Gasteiger partial charge in [0.1, 0.15) is 0 Å². The van der Waals surface area contributed by atoms with Crippen molar-refractivity contribution < 1.29 is 37.2 Å². The first-order valence-electron chi connectivity index (χ1n) is 7.44. The van der Waals surface area contributed by atoms with E-state index in [2.05, 4.69) is 6.58 Å². The summed E-state index contributed by atoms with van der Waals surface area (Å²) >= 11 is 49.0. The summed E-state index contributed by atoms with van der Waals surface area (Å²) in [4.78, 5) is 47.8. The van der Waals surface area contributed by atoms with Gasteiger partial charge in [-0.2, -0.15) is 0 Å². The second kappa shape index (κ2) is 12.2. The minimum Gasteiger partial charge on any atom is -0.462 e. The zero-order valence-electron chi connectivity index (χ0n) is 15.0. The van der Waals surface area contributed by atoms with Gasteiger partial charge < -0.3 is 18.0 Å². The quantitative estimate of drug-likeness (QED) is 0.117. The van der Waals surface area contributed by atoms with E-state index in [0.717, 1.165) is 0 Å². The van der Waals surface area contributed by atoms with E-state index in [1.165, 1.54) is 6.92 Å². The van der Waals surface area contributed by atoms with Crippen molar-refractivity contribution in [3.63, 3.8) is 0 Å². The van der Waals surface area contributed by atoms with Crippen LogP contribution in [0.3, 0.4) is 0 Å². The number of hydrogen-bond donors (Lipinski definition) is 0. The molecule has 0 radical (unpaired) electrons. The number of esters is 1. The molecule has 0 rings (SSSR count). The van der Waals surface area contributed by atoms with Crippen molar-refractivity contribution in [2.24, 2.45) is 0 Å². The molecule has 0 saturated heterocycles. The van der Waals surface area contributed by atoms with Gasteiger partial charge in [0.05, 0.1) is 12.7 Å². The number of rotatable bonds is 8. The lowest BCUT2D eigenvalue weighted by atomic mass is 10.4. The Morgan fingerprint density at radius 2 is 1.06 bits per heavy atom. The third-order valence-electron chi connectivity index (χ3n) is 2.65. The smallest absolute Gasteiger partial charge is 0.462 e. The SMILES string of the molecule is C=C(C)C(=O)OCCC[Si](OC(=O)C(Cl)(Cl)Cl)(OC(=O)C(Cl)(Cl)Cl)OC(=O)C(Cl)(Cl)Cl. The molecule has 0 aromatic rings. The van der Waals surface area contributed by atoms with Crippen LogP contribution in [-0.2, 0) is 37.2 Å². The fourth-order valence-electron chi connectivity index (χ4n) is 1.39. The Morgan fingerprint density at radius 1 is 0.742 bits per heavy atom. The molecule has 31 heavy (non-hydrogen) atoms. The lowest BCUT2D eigenvalue weighted by Gasteiger charge is -2.30. The fourth-order valence-corrected chi connectivity index (χ4v) is 4.63. The predicted octanol–water partition coefficient (Wildman–Crippen LogP) is 5.17. The zero-order chi connectivity index (χ0) is 24.8. The lowest BCUT2D eigenvalue weighted by molar-refractivity contribution is -0.150. The average Bonchev–Trinajstić information content (AvgIpc) is 2.55. The highest BCUT2D eigenvalue weighted by molar-refractivity contribution is 6.81. The Morgan fingerprint density at radius 3 is 1.32 bits per heavy atom. The van der Waals surface area contributed by atoms with Crippen LogP contribution in [0.25, 0.3) is 0 Å². The van der Waals surface area contributed by atoms with Crippen LogP contribution >= 0.6 is 104 Å². The van der Waals surface area contributed by atoms with Crippen molar-refractivity contribution >= 4 is 137 Å². The predicted molar refractivity (Wildman–Crippen MR) is 120 cm³/mol. The molecule has 0 saturated carbocycles. The highest BCUT2D eigenvalue weighted by Crippen LogP contribution is 2.36. The van der Waals surface area contributed by atoms with Crippen LogP contribution in [0.1, 0.15) is 13.3 Å². The molecule has 0 aliphatic rings. The van der Waals surface area contributed by atoms with Crippen molar-refractivity contribution in [3.05, 3.63) is 12.2 Å². The van der Waals surface area contributed by atoms with Crippen LogP contribution in [0.4, 0.5) is 0 Å². The maximum absolute atomic E-state index is 12.1. The first-order valence-corrected chi connectivity index (χ1v) is 12.8. The molecule has 0 aliphatic carbocycles. The molecule has 8 nitrogen and oxygen atoms in total. The highest BCUT2D eigenvalue weighted by atomic mass is 35.6. The third kappa shape index (κ3) is 11.9. The van der Waals surface area contributed by atoms with Crippen molar-refractivity contribution in [2.45, 2.75) is 30.8 Å². The maximum atomic E-state index is 12.1. The lowest BCUT2D eigenvalue weighted by Crippen LogP contribution is -2.54. The summed E-state index contributed by atoms with van der Waals surface area (Å²) < 4.78 is 11.4. The summed E-state index contributed by atoms with van der Waals surface area (Å²) in [5.74, 6) is -5.64. The second-order valence-corrected chi connectivity index (χ2v) is 14.7. The van der Waals surface area contributed by atoms with E-state index in [-0.39, 0.29) is 18.6 Å². The van der Waals surface area contributed by atoms with E-state index in [1.54, 1.807) is 0 Å². The van der Waals surface area contributed by atoms with Crippen molar-refractivity contribution in [2.75, 3.05) is 6.61 Å². The molecule has 178 valence electrons. The normalized spacial score (nSPS) is 12.6. The van der Waals surface area contributed by atoms with Gasteiger partial charge in [-0.1, -0.05) is 111 Å². The van der Waals surface area contributed by atoms with Crippen LogP contribution in [0.5, 0.6) is 0 Å². The van der Waals surface area contributed by atoms with Crippen LogP contribution < -0.4 is 0 Å². The number of alkyl halides is 9. The number of carbonyl (C=O) groups is 4. The minimum absolute atomic E-state index is 0.0800. The number of ether oxygens (including phenoxy) is 1. The summed E-state index contributed by atoms with van der Waals surface area (Å²) in [5, 5.41) is 0. The zero-order valence-corrected chi connectivity index (χ0v) is 22.8. The van der Waals surface area contributed by atoms with Crippen LogP contribution in [0, 0.1) is 0 Å². The summed E-state index contributed by atoms with van der Waals surface area (Å²) in [6.07, 6.45) is -0.237. The highest BCUT2D eigenvalue weighted by Gasteiger charge is 2.59. The van der Waals surface area contributed by atoms with Gasteiger partial charge in [-0.25, -0.2) is 19.2 Å². The molecule has 0 aromatic heterocycles. The van der Waals surface area contributed by atoms with E-state index in [0.29, 0.717) is 0 Å². The molecule has 0 heterocycles. The largest absolute Gasteiger partial charge is 0.705 e. The summed E-state index contributed by atoms with van der Waals surface area (Å²) in [5.41, 5.74) is 0.0800. The standard InChI is InChI=1S/C13H11Cl9O8Si/c1-6(2)7(23)27-4-3-5-31(28-8(24)11(14,15)16,29-9(25)12(17,18)19)30-10(26)13(20,21)22/h1,3-5H2,2H3. The molecule has 0 unspecified atom stereocenters. The molecule has 0 amide bonds. The van der Waals surface area contributed by atoms with Crippen molar-refractivity contribution in [1.29, 1.82) is 0 Å². The maximum Gasteiger partial charge on any atom is 0.705 e. The van der Waals surface area contributed by atoms with Crippen molar-refractivity contribution in [3.8, 4) is 0 Å². The number of hydrogen-bond acceptors (Lipinski definition) is 8. The van der Waals surface area contributed by atoms with Gasteiger partial charge in [0.15, 0.2) is 0 Å². The molecule has 0 spiro atoms. The van der Waals surface area contributed by atoms with E-state index in [4.69, 9.17) is 122 Å². The Labute approximate surface area is 222 Å². The number of halogens is 9. The Bertz CT molecular complexity index is 657. The minimum atomic E-state index is -4.94. The fraction of sp³-hybridized carbons (Fsp3) is 0.538. The molecule has 0 atom stereocenters. The van der Waals surface area contributed by atoms with Gasteiger partial charge in [0.2, 0.25) is 0 Å². The van der Waals surface area contributed by atoms with Crippen LogP contribution in [-0.4, -0.2) is 50.7 Å². The molecule has 0 fully saturated rings. The third-order valence-corrected chi connectivity index (χ3v) is 6.49. The molecule has 18 heteroatoms. The first kappa shape index (κ1) is 31.4. The van der Waals surface area contributed by atoms with Crippen molar-refractivity contribution in [1.82, 2.24) is 0 Å². The molecule has 0 aliphatic heterocycles.